The first kappa shape index (κ1) is 12.0. The lowest BCUT2D eigenvalue weighted by Crippen LogP contribution is -2.32. The van der Waals surface area contributed by atoms with E-state index in [0.717, 1.165) is 0 Å². The summed E-state index contributed by atoms with van der Waals surface area (Å²) in [5, 5.41) is 20.1. The lowest BCUT2D eigenvalue weighted by atomic mass is 10.2. The maximum atomic E-state index is 10.8. The maximum Gasteiger partial charge on any atom is 0.328 e. The number of hydrogen-bond donors (Lipinski definition) is 4. The molecule has 1 atom stereocenters. The first-order chi connectivity index (χ1) is 7.54. The van der Waals surface area contributed by atoms with Crippen LogP contribution >= 0.6 is 0 Å². The molecule has 0 spiro atoms. The molecule has 6 heteroatoms. The Morgan fingerprint density at radius 1 is 1.31 bits per heavy atom. The van der Waals surface area contributed by atoms with Gasteiger partial charge in [0.2, 0.25) is 5.91 Å². The second-order valence-corrected chi connectivity index (χ2v) is 3.16. The summed E-state index contributed by atoms with van der Waals surface area (Å²) in [6, 6.07) is 4.92. The number of amides is 1. The van der Waals surface area contributed by atoms with Crippen LogP contribution < -0.4 is 11.1 Å². The highest BCUT2D eigenvalue weighted by atomic mass is 16.4. The normalized spacial score (nSPS) is 11.8. The predicted octanol–water partition coefficient (Wildman–Crippen LogP) is -0.357. The van der Waals surface area contributed by atoms with Gasteiger partial charge in [-0.15, -0.1) is 0 Å². The number of aliphatic hydroxyl groups is 1. The largest absolute Gasteiger partial charge is 0.480 e. The minimum absolute atomic E-state index is 0.335. The van der Waals surface area contributed by atoms with E-state index in [1.807, 2.05) is 0 Å². The molecule has 1 unspecified atom stereocenters. The molecular weight excluding hydrogens is 212 g/mol. The highest BCUT2D eigenvalue weighted by molar-refractivity contribution is 5.93. The Morgan fingerprint density at radius 2 is 1.88 bits per heavy atom. The first-order valence-corrected chi connectivity index (χ1v) is 4.54. The number of carboxylic acid groups (broad SMARTS) is 1. The molecule has 1 amide bonds. The molecule has 0 saturated heterocycles. The molecule has 5 N–H and O–H groups in total. The van der Waals surface area contributed by atoms with Gasteiger partial charge in [-0.05, 0) is 24.3 Å². The van der Waals surface area contributed by atoms with Crippen molar-refractivity contribution in [2.24, 2.45) is 5.73 Å². The molecule has 0 radical (unpaired) electrons. The van der Waals surface area contributed by atoms with Gasteiger partial charge >= 0.3 is 5.97 Å². The number of benzene rings is 1. The van der Waals surface area contributed by atoms with E-state index in [0.29, 0.717) is 11.3 Å². The number of carbonyl (C=O) groups is 2. The van der Waals surface area contributed by atoms with Gasteiger partial charge in [-0.3, -0.25) is 4.79 Å². The van der Waals surface area contributed by atoms with Crippen molar-refractivity contribution >= 4 is 17.6 Å². The zero-order chi connectivity index (χ0) is 12.1. The van der Waals surface area contributed by atoms with Gasteiger partial charge in [-0.1, -0.05) is 0 Å². The number of carbonyl (C=O) groups excluding carboxylic acids is 1. The van der Waals surface area contributed by atoms with Crippen molar-refractivity contribution in [1.29, 1.82) is 0 Å². The van der Waals surface area contributed by atoms with Gasteiger partial charge in [-0.25, -0.2) is 4.79 Å². The number of carboxylic acids is 1. The second-order valence-electron chi connectivity index (χ2n) is 3.16. The fourth-order valence-corrected chi connectivity index (χ4v) is 1.12. The summed E-state index contributed by atoms with van der Waals surface area (Å²) < 4.78 is 0. The second kappa shape index (κ2) is 5.13. The molecular formula is C10H12N2O4. The summed E-state index contributed by atoms with van der Waals surface area (Å²) in [7, 11) is 0. The van der Waals surface area contributed by atoms with Crippen molar-refractivity contribution in [2.45, 2.75) is 6.04 Å². The van der Waals surface area contributed by atoms with Crippen LogP contribution in [0.25, 0.3) is 0 Å². The summed E-state index contributed by atoms with van der Waals surface area (Å²) in [5.74, 6) is -1.70. The van der Waals surface area contributed by atoms with Crippen molar-refractivity contribution in [2.75, 3.05) is 11.9 Å². The van der Waals surface area contributed by atoms with E-state index in [1.165, 1.54) is 24.3 Å². The molecule has 0 saturated carbocycles. The maximum absolute atomic E-state index is 10.8. The number of aliphatic carboxylic acids is 1. The molecule has 6 nitrogen and oxygen atoms in total. The molecule has 1 rings (SSSR count). The van der Waals surface area contributed by atoms with E-state index in [1.54, 1.807) is 0 Å². The Morgan fingerprint density at radius 3 is 2.25 bits per heavy atom. The highest BCUT2D eigenvalue weighted by Gasteiger charge is 2.15. The van der Waals surface area contributed by atoms with Crippen LogP contribution in [0.15, 0.2) is 24.3 Å². The Balaban J connectivity index is 2.75. The van der Waals surface area contributed by atoms with Gasteiger partial charge in [0.25, 0.3) is 0 Å². The summed E-state index contributed by atoms with van der Waals surface area (Å²) in [5.41, 5.74) is 5.87. The molecule has 0 bridgehead atoms. The van der Waals surface area contributed by atoms with Crippen LogP contribution in [0.2, 0.25) is 0 Å². The van der Waals surface area contributed by atoms with Crippen LogP contribution in [-0.4, -0.2) is 34.7 Å². The van der Waals surface area contributed by atoms with Gasteiger partial charge in [0.05, 0.1) is 6.61 Å². The topological polar surface area (TPSA) is 113 Å². The molecule has 0 aliphatic carbocycles. The third-order valence-corrected chi connectivity index (χ3v) is 1.99. The van der Waals surface area contributed by atoms with Crippen molar-refractivity contribution in [3.8, 4) is 0 Å². The van der Waals surface area contributed by atoms with Crippen LogP contribution in [0.3, 0.4) is 0 Å². The van der Waals surface area contributed by atoms with E-state index in [4.69, 9.17) is 15.9 Å². The number of rotatable bonds is 5. The zero-order valence-corrected chi connectivity index (χ0v) is 8.38. The van der Waals surface area contributed by atoms with Crippen molar-refractivity contribution < 1.29 is 19.8 Å². The predicted molar refractivity (Wildman–Crippen MR) is 57.1 cm³/mol. The number of anilines is 1. The van der Waals surface area contributed by atoms with Gasteiger partial charge in [0, 0.05) is 11.3 Å². The Hall–Kier alpha value is -2.08. The van der Waals surface area contributed by atoms with E-state index in [2.05, 4.69) is 5.32 Å². The Labute approximate surface area is 91.7 Å². The number of nitrogens with one attached hydrogen (secondary N) is 1. The van der Waals surface area contributed by atoms with Crippen LogP contribution in [-0.2, 0) is 4.79 Å². The van der Waals surface area contributed by atoms with Crippen LogP contribution in [0.5, 0.6) is 0 Å². The fourth-order valence-electron chi connectivity index (χ4n) is 1.12. The summed E-state index contributed by atoms with van der Waals surface area (Å²) in [4.78, 5) is 21.4. The average molecular weight is 224 g/mol. The number of primary amides is 1. The highest BCUT2D eigenvalue weighted by Crippen LogP contribution is 2.10. The van der Waals surface area contributed by atoms with Gasteiger partial charge < -0.3 is 21.3 Å². The third kappa shape index (κ3) is 2.96. The Bertz CT molecular complexity index is 388. The fraction of sp³-hybridized carbons (Fsp3) is 0.200. The molecule has 1 aromatic rings. The third-order valence-electron chi connectivity index (χ3n) is 1.99. The molecule has 16 heavy (non-hydrogen) atoms. The van der Waals surface area contributed by atoms with Gasteiger partial charge in [0.1, 0.15) is 6.04 Å². The monoisotopic (exact) mass is 224 g/mol. The quantitative estimate of drug-likeness (QED) is 0.545. The molecule has 1 aromatic carbocycles. The van der Waals surface area contributed by atoms with E-state index in [9.17, 15) is 9.59 Å². The molecule has 0 aromatic heterocycles. The smallest absolute Gasteiger partial charge is 0.328 e. The standard InChI is InChI=1S/C10H12N2O4/c11-9(14)6-1-3-7(4-2-6)12-8(5-13)10(15)16/h1-4,8,12-13H,5H2,(H2,11,14)(H,15,16). The molecule has 0 aliphatic heterocycles. The van der Waals surface area contributed by atoms with Crippen LogP contribution in [0.4, 0.5) is 5.69 Å². The minimum atomic E-state index is -1.15. The molecule has 0 fully saturated rings. The number of nitrogens with two attached hydrogens (primary N) is 1. The van der Waals surface area contributed by atoms with Crippen LogP contribution in [0.1, 0.15) is 10.4 Å². The summed E-state index contributed by atoms with van der Waals surface area (Å²) in [6.45, 7) is -0.521. The lowest BCUT2D eigenvalue weighted by Gasteiger charge is -2.12. The number of hydrogen-bond acceptors (Lipinski definition) is 4. The Kier molecular flexibility index (Phi) is 3.84. The average Bonchev–Trinajstić information content (AvgIpc) is 2.26. The minimum Gasteiger partial charge on any atom is -0.480 e. The SMILES string of the molecule is NC(=O)c1ccc(NC(CO)C(=O)O)cc1. The van der Waals surface area contributed by atoms with Crippen molar-refractivity contribution in [3.05, 3.63) is 29.8 Å². The van der Waals surface area contributed by atoms with E-state index in [-0.39, 0.29) is 0 Å². The van der Waals surface area contributed by atoms with Gasteiger partial charge in [0.15, 0.2) is 0 Å². The summed E-state index contributed by atoms with van der Waals surface area (Å²) in [6.07, 6.45) is 0. The summed E-state index contributed by atoms with van der Waals surface area (Å²) >= 11 is 0. The van der Waals surface area contributed by atoms with Crippen LogP contribution in [0, 0.1) is 0 Å². The zero-order valence-electron chi connectivity index (χ0n) is 8.38. The lowest BCUT2D eigenvalue weighted by molar-refractivity contribution is -0.138. The van der Waals surface area contributed by atoms with E-state index >= 15 is 0 Å². The molecule has 0 aliphatic rings. The van der Waals surface area contributed by atoms with Crippen molar-refractivity contribution in [1.82, 2.24) is 0 Å². The molecule has 0 heterocycles. The number of aliphatic hydroxyl groups excluding tert-OH is 1. The molecule has 86 valence electrons. The first-order valence-electron chi connectivity index (χ1n) is 4.54. The van der Waals surface area contributed by atoms with E-state index < -0.39 is 24.5 Å². The van der Waals surface area contributed by atoms with Gasteiger partial charge in [-0.2, -0.15) is 0 Å². The van der Waals surface area contributed by atoms with Crippen molar-refractivity contribution in [3.63, 3.8) is 0 Å².